The van der Waals surface area contributed by atoms with Crippen LogP contribution in [0.15, 0.2) is 29.2 Å². The fraction of sp³-hybridized carbons (Fsp3) is 0.462. The van der Waals surface area contributed by atoms with Gasteiger partial charge in [0.1, 0.15) is 6.04 Å². The van der Waals surface area contributed by atoms with Gasteiger partial charge in [-0.2, -0.15) is 0 Å². The van der Waals surface area contributed by atoms with E-state index in [0.717, 1.165) is 5.56 Å². The molecule has 1 aromatic rings. The van der Waals surface area contributed by atoms with Crippen LogP contribution < -0.4 is 5.32 Å². The molecule has 98 valence electrons. The second-order valence-electron chi connectivity index (χ2n) is 4.81. The molecule has 2 unspecified atom stereocenters. The van der Waals surface area contributed by atoms with Gasteiger partial charge < -0.3 is 5.11 Å². The van der Waals surface area contributed by atoms with Gasteiger partial charge in [0.2, 0.25) is 0 Å². The van der Waals surface area contributed by atoms with Gasteiger partial charge in [-0.15, -0.1) is 23.5 Å². The first-order valence-corrected chi connectivity index (χ1v) is 7.85. The Kier molecular flexibility index (Phi) is 3.94. The Hall–Kier alpha value is -0.650. The van der Waals surface area contributed by atoms with E-state index in [1.54, 1.807) is 23.5 Å². The van der Waals surface area contributed by atoms with Gasteiger partial charge in [0.25, 0.3) is 0 Å². The van der Waals surface area contributed by atoms with E-state index < -0.39 is 12.0 Å². The zero-order valence-electron chi connectivity index (χ0n) is 10.6. The van der Waals surface area contributed by atoms with Gasteiger partial charge in [0.05, 0.1) is 5.37 Å². The van der Waals surface area contributed by atoms with E-state index in [1.165, 1.54) is 4.90 Å². The molecule has 0 aliphatic carbocycles. The van der Waals surface area contributed by atoms with Crippen LogP contribution >= 0.6 is 23.5 Å². The highest BCUT2D eigenvalue weighted by Gasteiger charge is 2.45. The number of carboxylic acids is 1. The number of carbonyl (C=O) groups is 1. The summed E-state index contributed by atoms with van der Waals surface area (Å²) in [5.74, 6) is -0.782. The minimum absolute atomic E-state index is 0.0528. The van der Waals surface area contributed by atoms with Crippen LogP contribution in [0.2, 0.25) is 0 Å². The van der Waals surface area contributed by atoms with E-state index in [1.807, 2.05) is 20.1 Å². The first kappa shape index (κ1) is 13.8. The lowest BCUT2D eigenvalue weighted by molar-refractivity contribution is -0.139. The number of benzene rings is 1. The molecule has 1 fully saturated rings. The molecule has 0 aromatic heterocycles. The van der Waals surface area contributed by atoms with E-state index in [4.69, 9.17) is 0 Å². The Labute approximate surface area is 116 Å². The smallest absolute Gasteiger partial charge is 0.322 e. The number of hydrogen-bond donors (Lipinski definition) is 2. The predicted molar refractivity (Wildman–Crippen MR) is 77.2 cm³/mol. The number of nitrogens with one attached hydrogen (secondary N) is 1. The molecular weight excluding hydrogens is 266 g/mol. The molecule has 1 heterocycles. The lowest BCUT2D eigenvalue weighted by Crippen LogP contribution is -2.43. The molecule has 1 aliphatic rings. The summed E-state index contributed by atoms with van der Waals surface area (Å²) in [4.78, 5) is 12.4. The summed E-state index contributed by atoms with van der Waals surface area (Å²) in [7, 11) is 0. The quantitative estimate of drug-likeness (QED) is 0.835. The van der Waals surface area contributed by atoms with Crippen LogP contribution in [0.5, 0.6) is 0 Å². The zero-order valence-corrected chi connectivity index (χ0v) is 12.3. The fourth-order valence-corrected chi connectivity index (χ4v) is 3.89. The van der Waals surface area contributed by atoms with E-state index in [-0.39, 0.29) is 10.1 Å². The van der Waals surface area contributed by atoms with Crippen molar-refractivity contribution < 1.29 is 9.90 Å². The molecule has 2 atom stereocenters. The maximum absolute atomic E-state index is 11.2. The Balaban J connectivity index is 2.18. The fourth-order valence-electron chi connectivity index (χ4n) is 2.07. The number of thioether (sulfide) groups is 2. The highest BCUT2D eigenvalue weighted by molar-refractivity contribution is 8.01. The standard InChI is InChI=1S/C13H17NO2S2/c1-13(2)10(12(15)16)14-11(18-13)8-4-6-9(17-3)7-5-8/h4-7,10-11,14H,1-3H3,(H,15,16). The third kappa shape index (κ3) is 2.68. The summed E-state index contributed by atoms with van der Waals surface area (Å²) < 4.78 is -0.297. The third-order valence-corrected chi connectivity index (χ3v) is 5.33. The summed E-state index contributed by atoms with van der Waals surface area (Å²) in [6.07, 6.45) is 2.04. The monoisotopic (exact) mass is 283 g/mol. The number of rotatable bonds is 3. The summed E-state index contributed by atoms with van der Waals surface area (Å²) in [5, 5.41) is 12.5. The van der Waals surface area contributed by atoms with Crippen molar-refractivity contribution in [2.75, 3.05) is 6.26 Å². The lowest BCUT2D eigenvalue weighted by Gasteiger charge is -2.20. The van der Waals surface area contributed by atoms with E-state index in [2.05, 4.69) is 29.6 Å². The molecule has 5 heteroatoms. The summed E-state index contributed by atoms with van der Waals surface area (Å²) in [6, 6.07) is 7.77. The maximum Gasteiger partial charge on any atom is 0.322 e. The lowest BCUT2D eigenvalue weighted by atomic mass is 10.0. The highest BCUT2D eigenvalue weighted by Crippen LogP contribution is 2.45. The average Bonchev–Trinajstić information content (AvgIpc) is 2.65. The van der Waals surface area contributed by atoms with Crippen molar-refractivity contribution in [3.05, 3.63) is 29.8 Å². The topological polar surface area (TPSA) is 49.3 Å². The van der Waals surface area contributed by atoms with Gasteiger partial charge in [-0.25, -0.2) is 0 Å². The minimum Gasteiger partial charge on any atom is -0.480 e. The summed E-state index contributed by atoms with van der Waals surface area (Å²) in [6.45, 7) is 3.94. The van der Waals surface area contributed by atoms with Gasteiger partial charge in [0.15, 0.2) is 0 Å². The normalized spacial score (nSPS) is 26.2. The third-order valence-electron chi connectivity index (χ3n) is 3.10. The van der Waals surface area contributed by atoms with Gasteiger partial charge in [-0.05, 0) is 37.8 Å². The van der Waals surface area contributed by atoms with Crippen LogP contribution in [-0.4, -0.2) is 28.1 Å². The van der Waals surface area contributed by atoms with Crippen LogP contribution in [0.1, 0.15) is 24.8 Å². The molecule has 0 bridgehead atoms. The average molecular weight is 283 g/mol. The van der Waals surface area contributed by atoms with E-state index in [9.17, 15) is 9.90 Å². The Morgan fingerprint density at radius 1 is 1.39 bits per heavy atom. The van der Waals surface area contributed by atoms with Gasteiger partial charge in [-0.1, -0.05) is 12.1 Å². The Morgan fingerprint density at radius 3 is 2.44 bits per heavy atom. The molecule has 2 rings (SSSR count). The predicted octanol–water partition coefficient (Wildman–Crippen LogP) is 2.98. The highest BCUT2D eigenvalue weighted by atomic mass is 32.2. The number of hydrogen-bond acceptors (Lipinski definition) is 4. The van der Waals surface area contributed by atoms with Crippen molar-refractivity contribution in [1.82, 2.24) is 5.32 Å². The molecule has 1 aliphatic heterocycles. The van der Waals surface area contributed by atoms with Crippen LogP contribution in [0.3, 0.4) is 0 Å². The number of aliphatic carboxylic acids is 1. The molecule has 0 spiro atoms. The maximum atomic E-state index is 11.2. The van der Waals surface area contributed by atoms with Crippen LogP contribution in [-0.2, 0) is 4.79 Å². The minimum atomic E-state index is -0.782. The molecule has 0 amide bonds. The number of carboxylic acid groups (broad SMARTS) is 1. The van der Waals surface area contributed by atoms with Crippen LogP contribution in [0.25, 0.3) is 0 Å². The van der Waals surface area contributed by atoms with Gasteiger partial charge in [0, 0.05) is 9.64 Å². The van der Waals surface area contributed by atoms with Crippen molar-refractivity contribution in [3.8, 4) is 0 Å². The van der Waals surface area contributed by atoms with E-state index >= 15 is 0 Å². The van der Waals surface area contributed by atoms with Gasteiger partial charge >= 0.3 is 5.97 Å². The Bertz CT molecular complexity index is 445. The van der Waals surface area contributed by atoms with Gasteiger partial charge in [-0.3, -0.25) is 10.1 Å². The SMILES string of the molecule is CSc1ccc(C2NC(C(=O)O)C(C)(C)S2)cc1. The van der Waals surface area contributed by atoms with Crippen molar-refractivity contribution in [3.63, 3.8) is 0 Å². The zero-order chi connectivity index (χ0) is 13.3. The Morgan fingerprint density at radius 2 is 2.00 bits per heavy atom. The van der Waals surface area contributed by atoms with Crippen LogP contribution in [0, 0.1) is 0 Å². The van der Waals surface area contributed by atoms with Crippen molar-refractivity contribution in [1.29, 1.82) is 0 Å². The molecule has 3 nitrogen and oxygen atoms in total. The molecule has 2 N–H and O–H groups in total. The molecule has 1 aromatic carbocycles. The first-order valence-electron chi connectivity index (χ1n) is 5.74. The molecular formula is C13H17NO2S2. The van der Waals surface area contributed by atoms with Crippen molar-refractivity contribution >= 4 is 29.5 Å². The summed E-state index contributed by atoms with van der Waals surface area (Å²) in [5.41, 5.74) is 1.13. The van der Waals surface area contributed by atoms with Crippen LogP contribution in [0.4, 0.5) is 0 Å². The van der Waals surface area contributed by atoms with Crippen molar-refractivity contribution in [2.24, 2.45) is 0 Å². The molecule has 0 radical (unpaired) electrons. The summed E-state index contributed by atoms with van der Waals surface area (Å²) >= 11 is 3.38. The van der Waals surface area contributed by atoms with E-state index in [0.29, 0.717) is 0 Å². The first-order chi connectivity index (χ1) is 8.44. The largest absolute Gasteiger partial charge is 0.480 e. The van der Waals surface area contributed by atoms with Crippen molar-refractivity contribution in [2.45, 2.75) is 34.9 Å². The second-order valence-corrected chi connectivity index (χ2v) is 7.45. The molecule has 18 heavy (non-hydrogen) atoms. The second kappa shape index (κ2) is 5.15. The molecule has 1 saturated heterocycles. The molecule has 0 saturated carbocycles.